The molecule has 1 unspecified atom stereocenters. The first-order chi connectivity index (χ1) is 9.52. The number of nitrogens with zero attached hydrogens (tertiary/aromatic N) is 2. The normalized spacial score (nSPS) is 12.2. The van der Waals surface area contributed by atoms with Crippen molar-refractivity contribution in [2.24, 2.45) is 0 Å². The third kappa shape index (κ3) is 3.14. The zero-order valence-corrected chi connectivity index (χ0v) is 12.7. The maximum absolute atomic E-state index is 12.2. The standard InChI is InChI=1S/C14H15Cl2N3O/c1-3-19-8-7-12(18-19)9(2)17-14(20)10-5-4-6-11(15)13(10)16/h4-9H,3H2,1-2H3,(H,17,20). The highest BCUT2D eigenvalue weighted by Crippen LogP contribution is 2.25. The van der Waals surface area contributed by atoms with Gasteiger partial charge in [0.1, 0.15) is 0 Å². The number of aromatic nitrogens is 2. The second kappa shape index (κ2) is 6.29. The van der Waals surface area contributed by atoms with Crippen molar-refractivity contribution < 1.29 is 4.79 Å². The fraction of sp³-hybridized carbons (Fsp3) is 0.286. The molecule has 6 heteroatoms. The van der Waals surface area contributed by atoms with Crippen LogP contribution in [-0.4, -0.2) is 15.7 Å². The molecule has 0 fully saturated rings. The van der Waals surface area contributed by atoms with Crippen molar-refractivity contribution in [3.8, 4) is 0 Å². The quantitative estimate of drug-likeness (QED) is 0.935. The minimum absolute atomic E-state index is 0.203. The highest BCUT2D eigenvalue weighted by Gasteiger charge is 2.16. The summed E-state index contributed by atoms with van der Waals surface area (Å²) in [6, 6.07) is 6.66. The van der Waals surface area contributed by atoms with E-state index in [2.05, 4.69) is 10.4 Å². The Morgan fingerprint density at radius 3 is 2.80 bits per heavy atom. The van der Waals surface area contributed by atoms with Gasteiger partial charge in [-0.2, -0.15) is 5.10 Å². The predicted molar refractivity (Wildman–Crippen MR) is 80.2 cm³/mol. The summed E-state index contributed by atoms with van der Waals surface area (Å²) >= 11 is 11.9. The van der Waals surface area contributed by atoms with Crippen molar-refractivity contribution in [1.29, 1.82) is 0 Å². The van der Waals surface area contributed by atoms with Crippen molar-refractivity contribution in [3.05, 3.63) is 51.8 Å². The van der Waals surface area contributed by atoms with Gasteiger partial charge in [0.15, 0.2) is 0 Å². The summed E-state index contributed by atoms with van der Waals surface area (Å²) in [7, 11) is 0. The third-order valence-electron chi connectivity index (χ3n) is 2.97. The molecule has 2 rings (SSSR count). The molecular formula is C14H15Cl2N3O. The van der Waals surface area contributed by atoms with Crippen LogP contribution in [0.2, 0.25) is 10.0 Å². The summed E-state index contributed by atoms with van der Waals surface area (Å²) in [5, 5.41) is 7.84. The number of hydrogen-bond donors (Lipinski definition) is 1. The number of aryl methyl sites for hydroxylation is 1. The molecule has 0 saturated heterocycles. The highest BCUT2D eigenvalue weighted by atomic mass is 35.5. The van der Waals surface area contributed by atoms with Crippen LogP contribution >= 0.6 is 23.2 Å². The Kier molecular flexibility index (Phi) is 4.68. The van der Waals surface area contributed by atoms with Crippen molar-refractivity contribution in [2.45, 2.75) is 26.4 Å². The van der Waals surface area contributed by atoms with Gasteiger partial charge in [-0.15, -0.1) is 0 Å². The number of rotatable bonds is 4. The molecule has 4 nitrogen and oxygen atoms in total. The van der Waals surface area contributed by atoms with E-state index in [1.807, 2.05) is 30.8 Å². The zero-order chi connectivity index (χ0) is 14.7. The molecule has 1 N–H and O–H groups in total. The van der Waals surface area contributed by atoms with Gasteiger partial charge in [-0.1, -0.05) is 29.3 Å². The maximum atomic E-state index is 12.2. The van der Waals surface area contributed by atoms with Gasteiger partial charge in [-0.05, 0) is 32.0 Å². The topological polar surface area (TPSA) is 46.9 Å². The van der Waals surface area contributed by atoms with Crippen LogP contribution in [0, 0.1) is 0 Å². The Labute approximate surface area is 127 Å². The second-order valence-electron chi connectivity index (χ2n) is 4.39. The first kappa shape index (κ1) is 14.9. The molecule has 20 heavy (non-hydrogen) atoms. The maximum Gasteiger partial charge on any atom is 0.253 e. The van der Waals surface area contributed by atoms with Crippen LogP contribution in [0.15, 0.2) is 30.5 Å². The SMILES string of the molecule is CCn1ccc(C(C)NC(=O)c2cccc(Cl)c2Cl)n1. The van der Waals surface area contributed by atoms with Crippen LogP contribution in [-0.2, 0) is 6.54 Å². The monoisotopic (exact) mass is 311 g/mol. The molecular weight excluding hydrogens is 297 g/mol. The van der Waals surface area contributed by atoms with Gasteiger partial charge in [0, 0.05) is 12.7 Å². The van der Waals surface area contributed by atoms with Gasteiger partial charge in [0.05, 0.1) is 27.3 Å². The van der Waals surface area contributed by atoms with Gasteiger partial charge in [-0.25, -0.2) is 0 Å². The summed E-state index contributed by atoms with van der Waals surface area (Å²) in [5.41, 5.74) is 1.17. The molecule has 0 spiro atoms. The summed E-state index contributed by atoms with van der Waals surface area (Å²) in [4.78, 5) is 12.2. The van der Waals surface area contributed by atoms with Gasteiger partial charge in [0.25, 0.3) is 5.91 Å². The van der Waals surface area contributed by atoms with Crippen LogP contribution in [0.25, 0.3) is 0 Å². The lowest BCUT2D eigenvalue weighted by Gasteiger charge is -2.12. The van der Waals surface area contributed by atoms with Gasteiger partial charge < -0.3 is 5.32 Å². The number of carbonyl (C=O) groups is 1. The van der Waals surface area contributed by atoms with Crippen LogP contribution in [0.1, 0.15) is 35.9 Å². The second-order valence-corrected chi connectivity index (χ2v) is 5.18. The number of benzene rings is 1. The molecule has 2 aromatic rings. The zero-order valence-electron chi connectivity index (χ0n) is 11.2. The van der Waals surface area contributed by atoms with E-state index < -0.39 is 0 Å². The summed E-state index contributed by atoms with van der Waals surface area (Å²) in [6.45, 7) is 4.67. The first-order valence-corrected chi connectivity index (χ1v) is 7.06. The van der Waals surface area contributed by atoms with E-state index in [1.54, 1.807) is 18.2 Å². The minimum Gasteiger partial charge on any atom is -0.344 e. The Morgan fingerprint density at radius 1 is 1.40 bits per heavy atom. The van der Waals surface area contributed by atoms with E-state index in [0.29, 0.717) is 10.6 Å². The molecule has 1 amide bonds. The lowest BCUT2D eigenvalue weighted by Crippen LogP contribution is -2.27. The summed E-state index contributed by atoms with van der Waals surface area (Å²) in [6.07, 6.45) is 1.88. The Bertz CT molecular complexity index is 625. The van der Waals surface area contributed by atoms with Crippen molar-refractivity contribution in [3.63, 3.8) is 0 Å². The molecule has 0 aliphatic rings. The van der Waals surface area contributed by atoms with Crippen molar-refractivity contribution in [1.82, 2.24) is 15.1 Å². The summed E-state index contributed by atoms with van der Waals surface area (Å²) in [5.74, 6) is -0.268. The number of amides is 1. The number of carbonyl (C=O) groups excluding carboxylic acids is 1. The lowest BCUT2D eigenvalue weighted by atomic mass is 10.2. The van der Waals surface area contributed by atoms with E-state index in [4.69, 9.17) is 23.2 Å². The van der Waals surface area contributed by atoms with Crippen LogP contribution < -0.4 is 5.32 Å². The van der Waals surface area contributed by atoms with Crippen molar-refractivity contribution in [2.75, 3.05) is 0 Å². The molecule has 0 saturated carbocycles. The number of hydrogen-bond acceptors (Lipinski definition) is 2. The van der Waals surface area contributed by atoms with Crippen LogP contribution in [0.4, 0.5) is 0 Å². The molecule has 106 valence electrons. The predicted octanol–water partition coefficient (Wildman–Crippen LogP) is 3.70. The Hall–Kier alpha value is -1.52. The van der Waals surface area contributed by atoms with Gasteiger partial charge in [-0.3, -0.25) is 9.48 Å². The fourth-order valence-corrected chi connectivity index (χ4v) is 2.20. The molecule has 0 bridgehead atoms. The van der Waals surface area contributed by atoms with Crippen LogP contribution in [0.3, 0.4) is 0 Å². The molecule has 0 aliphatic heterocycles. The highest BCUT2D eigenvalue weighted by molar-refractivity contribution is 6.43. The third-order valence-corrected chi connectivity index (χ3v) is 3.79. The molecule has 1 aromatic heterocycles. The molecule has 0 aliphatic carbocycles. The van der Waals surface area contributed by atoms with E-state index in [1.165, 1.54) is 0 Å². The molecule has 1 aromatic carbocycles. The van der Waals surface area contributed by atoms with Gasteiger partial charge in [0.2, 0.25) is 0 Å². The van der Waals surface area contributed by atoms with E-state index in [-0.39, 0.29) is 17.0 Å². The Morgan fingerprint density at radius 2 is 2.15 bits per heavy atom. The van der Waals surface area contributed by atoms with Crippen LogP contribution in [0.5, 0.6) is 0 Å². The van der Waals surface area contributed by atoms with Gasteiger partial charge >= 0.3 is 0 Å². The minimum atomic E-state index is -0.268. The number of nitrogens with one attached hydrogen (secondary N) is 1. The van der Waals surface area contributed by atoms with Crippen molar-refractivity contribution >= 4 is 29.1 Å². The largest absolute Gasteiger partial charge is 0.344 e. The smallest absolute Gasteiger partial charge is 0.253 e. The molecule has 0 radical (unpaired) electrons. The average Bonchev–Trinajstić information content (AvgIpc) is 2.90. The average molecular weight is 312 g/mol. The number of halogens is 2. The fourth-order valence-electron chi connectivity index (χ4n) is 1.81. The molecule has 1 heterocycles. The van der Waals surface area contributed by atoms with E-state index in [0.717, 1.165) is 12.2 Å². The Balaban J connectivity index is 2.13. The summed E-state index contributed by atoms with van der Waals surface area (Å²) < 4.78 is 1.81. The van der Waals surface area contributed by atoms with E-state index in [9.17, 15) is 4.79 Å². The lowest BCUT2D eigenvalue weighted by molar-refractivity contribution is 0.0939. The molecule has 1 atom stereocenters. The van der Waals surface area contributed by atoms with E-state index >= 15 is 0 Å². The first-order valence-electron chi connectivity index (χ1n) is 6.31.